The summed E-state index contributed by atoms with van der Waals surface area (Å²) in [5, 5.41) is 11.0. The van der Waals surface area contributed by atoms with Gasteiger partial charge in [0.25, 0.3) is 11.7 Å². The number of carbonyl (C=O) groups excluding carboxylic acids is 2. The van der Waals surface area contributed by atoms with Gasteiger partial charge in [-0.1, -0.05) is 20.8 Å². The number of nitrogens with zero attached hydrogens (tertiary/aromatic N) is 2. The van der Waals surface area contributed by atoms with Gasteiger partial charge in [-0.05, 0) is 54.3 Å². The fourth-order valence-electron chi connectivity index (χ4n) is 3.37. The van der Waals surface area contributed by atoms with Crippen LogP contribution in [0.3, 0.4) is 0 Å². The molecule has 0 spiro atoms. The maximum absolute atomic E-state index is 12.8. The number of benzene rings is 1. The quantitative estimate of drug-likeness (QED) is 0.437. The molecule has 1 aliphatic heterocycles. The van der Waals surface area contributed by atoms with Gasteiger partial charge in [0.2, 0.25) is 0 Å². The minimum atomic E-state index is -0.669. The molecule has 0 aliphatic carbocycles. The predicted molar refractivity (Wildman–Crippen MR) is 110 cm³/mol. The van der Waals surface area contributed by atoms with E-state index in [0.29, 0.717) is 36.8 Å². The van der Waals surface area contributed by atoms with Crippen LogP contribution in [0.15, 0.2) is 54.4 Å². The SMILES string of the molecule is CCCN1C(=O)C(=O)/C(=C(\O)c2ccc(OCC(C)C)cc2)C1c1ccncc1. The lowest BCUT2D eigenvalue weighted by atomic mass is 9.96. The Kier molecular flexibility index (Phi) is 6.32. The van der Waals surface area contributed by atoms with E-state index in [1.165, 1.54) is 4.90 Å². The number of hydrogen-bond acceptors (Lipinski definition) is 5. The normalized spacial score (nSPS) is 18.5. The van der Waals surface area contributed by atoms with E-state index in [0.717, 1.165) is 5.56 Å². The van der Waals surface area contributed by atoms with Crippen molar-refractivity contribution >= 4 is 17.4 Å². The second-order valence-corrected chi connectivity index (χ2v) is 7.50. The molecule has 29 heavy (non-hydrogen) atoms. The Labute approximate surface area is 170 Å². The molecule has 0 saturated carbocycles. The van der Waals surface area contributed by atoms with E-state index in [9.17, 15) is 14.7 Å². The summed E-state index contributed by atoms with van der Waals surface area (Å²) in [6.45, 7) is 7.09. The van der Waals surface area contributed by atoms with Crippen LogP contribution in [0.2, 0.25) is 0 Å². The van der Waals surface area contributed by atoms with Crippen LogP contribution in [0.4, 0.5) is 0 Å². The van der Waals surface area contributed by atoms with Crippen LogP contribution >= 0.6 is 0 Å². The molecule has 1 aliphatic rings. The van der Waals surface area contributed by atoms with Gasteiger partial charge in [0.15, 0.2) is 0 Å². The number of aliphatic hydroxyl groups excluding tert-OH is 1. The maximum Gasteiger partial charge on any atom is 0.295 e. The highest BCUT2D eigenvalue weighted by Crippen LogP contribution is 2.39. The van der Waals surface area contributed by atoms with Crippen molar-refractivity contribution in [3.05, 3.63) is 65.5 Å². The number of rotatable bonds is 7. The first kappa shape index (κ1) is 20.6. The molecular weight excluding hydrogens is 368 g/mol. The van der Waals surface area contributed by atoms with E-state index in [4.69, 9.17) is 4.74 Å². The second-order valence-electron chi connectivity index (χ2n) is 7.50. The van der Waals surface area contributed by atoms with Crippen molar-refractivity contribution in [2.75, 3.05) is 13.2 Å². The lowest BCUT2D eigenvalue weighted by molar-refractivity contribution is -0.139. The maximum atomic E-state index is 12.8. The Morgan fingerprint density at radius 1 is 1.14 bits per heavy atom. The Bertz CT molecular complexity index is 904. The van der Waals surface area contributed by atoms with Crippen LogP contribution in [-0.2, 0) is 9.59 Å². The number of aromatic nitrogens is 1. The monoisotopic (exact) mass is 394 g/mol. The smallest absolute Gasteiger partial charge is 0.295 e. The first-order valence-electron chi connectivity index (χ1n) is 9.85. The summed E-state index contributed by atoms with van der Waals surface area (Å²) in [4.78, 5) is 30.9. The number of Topliss-reactive ketones (excluding diaryl/α,β-unsaturated/α-hetero) is 1. The molecular formula is C23H26N2O4. The van der Waals surface area contributed by atoms with E-state index < -0.39 is 17.7 Å². The van der Waals surface area contributed by atoms with E-state index >= 15 is 0 Å². The van der Waals surface area contributed by atoms with E-state index in [-0.39, 0.29) is 11.3 Å². The van der Waals surface area contributed by atoms with Crippen molar-refractivity contribution < 1.29 is 19.4 Å². The molecule has 0 bridgehead atoms. The van der Waals surface area contributed by atoms with Crippen molar-refractivity contribution in [2.45, 2.75) is 33.2 Å². The van der Waals surface area contributed by atoms with Crippen LogP contribution in [0.25, 0.3) is 5.76 Å². The summed E-state index contributed by atoms with van der Waals surface area (Å²) in [5.74, 6) is -0.352. The Morgan fingerprint density at radius 3 is 2.38 bits per heavy atom. The van der Waals surface area contributed by atoms with Gasteiger partial charge in [0.1, 0.15) is 11.5 Å². The zero-order chi connectivity index (χ0) is 21.0. The first-order valence-corrected chi connectivity index (χ1v) is 9.85. The van der Waals surface area contributed by atoms with Crippen LogP contribution in [0.1, 0.15) is 44.4 Å². The molecule has 1 unspecified atom stereocenters. The highest BCUT2D eigenvalue weighted by Gasteiger charge is 2.45. The van der Waals surface area contributed by atoms with Crippen molar-refractivity contribution in [1.82, 2.24) is 9.88 Å². The summed E-state index contributed by atoms with van der Waals surface area (Å²) in [5.41, 5.74) is 1.31. The summed E-state index contributed by atoms with van der Waals surface area (Å²) in [6.07, 6.45) is 3.93. The van der Waals surface area contributed by atoms with E-state index in [1.54, 1.807) is 48.8 Å². The molecule has 1 aromatic carbocycles. The molecule has 2 heterocycles. The third-order valence-electron chi connectivity index (χ3n) is 4.74. The number of ether oxygens (including phenoxy) is 1. The number of likely N-dealkylation sites (tertiary alicyclic amines) is 1. The Hall–Kier alpha value is -3.15. The predicted octanol–water partition coefficient (Wildman–Crippen LogP) is 3.95. The second kappa shape index (κ2) is 8.90. The molecule has 1 fully saturated rings. The van der Waals surface area contributed by atoms with Crippen molar-refractivity contribution in [3.8, 4) is 5.75 Å². The zero-order valence-corrected chi connectivity index (χ0v) is 17.0. The molecule has 1 aromatic heterocycles. The van der Waals surface area contributed by atoms with Gasteiger partial charge in [-0.3, -0.25) is 14.6 Å². The van der Waals surface area contributed by atoms with E-state index in [1.807, 2.05) is 6.92 Å². The topological polar surface area (TPSA) is 79.7 Å². The van der Waals surface area contributed by atoms with Crippen molar-refractivity contribution in [2.24, 2.45) is 5.92 Å². The summed E-state index contributed by atoms with van der Waals surface area (Å²) in [6, 6.07) is 9.78. The molecule has 6 heteroatoms. The minimum Gasteiger partial charge on any atom is -0.507 e. The highest BCUT2D eigenvalue weighted by molar-refractivity contribution is 6.46. The van der Waals surface area contributed by atoms with Gasteiger partial charge in [-0.2, -0.15) is 0 Å². The molecule has 6 nitrogen and oxygen atoms in total. The minimum absolute atomic E-state index is 0.102. The zero-order valence-electron chi connectivity index (χ0n) is 17.0. The average molecular weight is 394 g/mol. The lowest BCUT2D eigenvalue weighted by Crippen LogP contribution is -2.30. The fourth-order valence-corrected chi connectivity index (χ4v) is 3.37. The standard InChI is InChI=1S/C23H26N2O4/c1-4-13-25-20(16-9-11-24-12-10-16)19(22(27)23(25)28)21(26)17-5-7-18(8-6-17)29-14-15(2)3/h5-12,15,20,26H,4,13-14H2,1-3H3/b21-19-. The Morgan fingerprint density at radius 2 is 1.79 bits per heavy atom. The van der Waals surface area contributed by atoms with Crippen LogP contribution in [-0.4, -0.2) is 39.8 Å². The van der Waals surface area contributed by atoms with Crippen LogP contribution in [0, 0.1) is 5.92 Å². The van der Waals surface area contributed by atoms with Gasteiger partial charge >= 0.3 is 0 Å². The molecule has 1 atom stereocenters. The van der Waals surface area contributed by atoms with Crippen LogP contribution < -0.4 is 4.74 Å². The first-order chi connectivity index (χ1) is 13.9. The largest absolute Gasteiger partial charge is 0.507 e. The molecule has 152 valence electrons. The molecule has 1 N–H and O–H groups in total. The third kappa shape index (κ3) is 4.31. The summed E-state index contributed by atoms with van der Waals surface area (Å²) < 4.78 is 5.67. The molecule has 0 radical (unpaired) electrons. The number of hydrogen-bond donors (Lipinski definition) is 1. The summed E-state index contributed by atoms with van der Waals surface area (Å²) in [7, 11) is 0. The number of pyridine rings is 1. The summed E-state index contributed by atoms with van der Waals surface area (Å²) >= 11 is 0. The van der Waals surface area contributed by atoms with Crippen LogP contribution in [0.5, 0.6) is 5.75 Å². The molecule has 1 saturated heterocycles. The van der Waals surface area contributed by atoms with Crippen molar-refractivity contribution in [3.63, 3.8) is 0 Å². The average Bonchev–Trinajstić information content (AvgIpc) is 2.98. The van der Waals surface area contributed by atoms with Gasteiger partial charge in [-0.25, -0.2) is 0 Å². The number of carbonyl (C=O) groups is 2. The number of amides is 1. The molecule has 2 aromatic rings. The third-order valence-corrected chi connectivity index (χ3v) is 4.74. The van der Waals surface area contributed by atoms with E-state index in [2.05, 4.69) is 18.8 Å². The van der Waals surface area contributed by atoms with Gasteiger partial charge < -0.3 is 14.7 Å². The van der Waals surface area contributed by atoms with Gasteiger partial charge in [0.05, 0.1) is 18.2 Å². The Balaban J connectivity index is 2.01. The molecule has 3 rings (SSSR count). The van der Waals surface area contributed by atoms with Crippen molar-refractivity contribution in [1.29, 1.82) is 0 Å². The number of aliphatic hydroxyl groups is 1. The highest BCUT2D eigenvalue weighted by atomic mass is 16.5. The fraction of sp³-hybridized carbons (Fsp3) is 0.348. The lowest BCUT2D eigenvalue weighted by Gasteiger charge is -2.24. The number of ketones is 1. The van der Waals surface area contributed by atoms with Gasteiger partial charge in [0, 0.05) is 24.5 Å². The molecule has 1 amide bonds. The van der Waals surface area contributed by atoms with Gasteiger partial charge in [-0.15, -0.1) is 0 Å².